The van der Waals surface area contributed by atoms with E-state index in [0.29, 0.717) is 5.56 Å². The fourth-order valence-electron chi connectivity index (χ4n) is 2.80. The molecule has 0 radical (unpaired) electrons. The molecule has 1 aromatic heterocycles. The normalized spacial score (nSPS) is 11.4. The van der Waals surface area contributed by atoms with Crippen LogP contribution in [-0.2, 0) is 27.4 Å². The SMILES string of the molecule is CC(C)(C)OC(=O)c1cn(CC(=O)OCc2ccccc2)c2ccccc12. The van der Waals surface area contributed by atoms with E-state index in [1.165, 1.54) is 0 Å². The molecule has 0 saturated carbocycles. The van der Waals surface area contributed by atoms with Crippen molar-refractivity contribution in [2.75, 3.05) is 0 Å². The molecule has 0 fully saturated rings. The summed E-state index contributed by atoms with van der Waals surface area (Å²) < 4.78 is 12.6. The lowest BCUT2D eigenvalue weighted by Crippen LogP contribution is -2.23. The van der Waals surface area contributed by atoms with Gasteiger partial charge in [-0.1, -0.05) is 48.5 Å². The molecule has 0 aliphatic carbocycles. The average molecular weight is 365 g/mol. The van der Waals surface area contributed by atoms with Crippen molar-refractivity contribution in [3.05, 3.63) is 71.9 Å². The van der Waals surface area contributed by atoms with E-state index >= 15 is 0 Å². The molecular weight excluding hydrogens is 342 g/mol. The highest BCUT2D eigenvalue weighted by Gasteiger charge is 2.22. The predicted molar refractivity (Wildman–Crippen MR) is 103 cm³/mol. The van der Waals surface area contributed by atoms with Crippen LogP contribution in [0.5, 0.6) is 0 Å². The number of fused-ring (bicyclic) bond motifs is 1. The van der Waals surface area contributed by atoms with Crippen LogP contribution in [-0.4, -0.2) is 22.1 Å². The summed E-state index contributed by atoms with van der Waals surface area (Å²) in [7, 11) is 0. The van der Waals surface area contributed by atoms with E-state index in [1.807, 2.05) is 75.4 Å². The Morgan fingerprint density at radius 1 is 0.963 bits per heavy atom. The fourth-order valence-corrected chi connectivity index (χ4v) is 2.80. The van der Waals surface area contributed by atoms with Gasteiger partial charge in [0.15, 0.2) is 0 Å². The number of aromatic nitrogens is 1. The molecule has 0 atom stereocenters. The predicted octanol–water partition coefficient (Wildman–Crippen LogP) is 4.34. The number of hydrogen-bond donors (Lipinski definition) is 0. The summed E-state index contributed by atoms with van der Waals surface area (Å²) >= 11 is 0. The Hall–Kier alpha value is -3.08. The molecule has 5 heteroatoms. The van der Waals surface area contributed by atoms with Gasteiger partial charge in [0.05, 0.1) is 5.56 Å². The fraction of sp³-hybridized carbons (Fsp3) is 0.273. The second-order valence-corrected chi connectivity index (χ2v) is 7.34. The average Bonchev–Trinajstić information content (AvgIpc) is 2.98. The zero-order chi connectivity index (χ0) is 19.4. The minimum Gasteiger partial charge on any atom is -0.459 e. The van der Waals surface area contributed by atoms with Crippen molar-refractivity contribution in [3.8, 4) is 0 Å². The smallest absolute Gasteiger partial charge is 0.340 e. The third-order valence-corrected chi connectivity index (χ3v) is 3.95. The van der Waals surface area contributed by atoms with E-state index in [-0.39, 0.29) is 19.1 Å². The van der Waals surface area contributed by atoms with Crippen molar-refractivity contribution < 1.29 is 19.1 Å². The van der Waals surface area contributed by atoms with Gasteiger partial charge in [0.2, 0.25) is 0 Å². The Kier molecular flexibility index (Phi) is 5.31. The van der Waals surface area contributed by atoms with Crippen molar-refractivity contribution in [1.29, 1.82) is 0 Å². The van der Waals surface area contributed by atoms with Gasteiger partial charge < -0.3 is 14.0 Å². The summed E-state index contributed by atoms with van der Waals surface area (Å²) in [6.07, 6.45) is 1.66. The Morgan fingerprint density at radius 3 is 2.33 bits per heavy atom. The first-order chi connectivity index (χ1) is 12.8. The van der Waals surface area contributed by atoms with E-state index < -0.39 is 11.6 Å². The zero-order valence-electron chi connectivity index (χ0n) is 15.8. The highest BCUT2D eigenvalue weighted by molar-refractivity contribution is 6.04. The summed E-state index contributed by atoms with van der Waals surface area (Å²) in [6.45, 7) is 5.72. The summed E-state index contributed by atoms with van der Waals surface area (Å²) in [6, 6.07) is 17.0. The van der Waals surface area contributed by atoms with E-state index in [0.717, 1.165) is 16.5 Å². The van der Waals surface area contributed by atoms with Crippen molar-refractivity contribution >= 4 is 22.8 Å². The minimum atomic E-state index is -0.588. The molecule has 0 aliphatic heterocycles. The molecule has 0 aliphatic rings. The highest BCUT2D eigenvalue weighted by atomic mass is 16.6. The highest BCUT2D eigenvalue weighted by Crippen LogP contribution is 2.24. The number of nitrogens with zero attached hydrogens (tertiary/aromatic N) is 1. The van der Waals surface area contributed by atoms with Gasteiger partial charge in [0.25, 0.3) is 0 Å². The molecule has 0 bridgehead atoms. The van der Waals surface area contributed by atoms with Gasteiger partial charge >= 0.3 is 11.9 Å². The summed E-state index contributed by atoms with van der Waals surface area (Å²) in [5, 5.41) is 0.752. The minimum absolute atomic E-state index is 0.0240. The van der Waals surface area contributed by atoms with Gasteiger partial charge in [-0.05, 0) is 32.4 Å². The molecule has 27 heavy (non-hydrogen) atoms. The first-order valence-electron chi connectivity index (χ1n) is 8.84. The van der Waals surface area contributed by atoms with Gasteiger partial charge in [0.1, 0.15) is 18.8 Å². The van der Waals surface area contributed by atoms with Crippen LogP contribution in [0.15, 0.2) is 60.8 Å². The second kappa shape index (κ2) is 7.66. The van der Waals surface area contributed by atoms with Gasteiger partial charge in [0, 0.05) is 17.1 Å². The van der Waals surface area contributed by atoms with Crippen molar-refractivity contribution in [2.45, 2.75) is 39.5 Å². The number of carbonyl (C=O) groups is 2. The van der Waals surface area contributed by atoms with Crippen LogP contribution in [0.1, 0.15) is 36.7 Å². The largest absolute Gasteiger partial charge is 0.459 e. The molecule has 0 amide bonds. The molecule has 0 unspecified atom stereocenters. The summed E-state index contributed by atoms with van der Waals surface area (Å²) in [5.41, 5.74) is 1.57. The lowest BCUT2D eigenvalue weighted by molar-refractivity contribution is -0.145. The summed E-state index contributed by atoms with van der Waals surface area (Å²) in [5.74, 6) is -0.773. The molecule has 0 saturated heterocycles. The zero-order valence-corrected chi connectivity index (χ0v) is 15.8. The van der Waals surface area contributed by atoms with Crippen molar-refractivity contribution in [1.82, 2.24) is 4.57 Å². The number of esters is 2. The van der Waals surface area contributed by atoms with Crippen LogP contribution >= 0.6 is 0 Å². The number of carbonyl (C=O) groups excluding carboxylic acids is 2. The lowest BCUT2D eigenvalue weighted by atomic mass is 10.1. The number of para-hydroxylation sites is 1. The molecule has 0 spiro atoms. The van der Waals surface area contributed by atoms with E-state index in [9.17, 15) is 9.59 Å². The third-order valence-electron chi connectivity index (χ3n) is 3.95. The van der Waals surface area contributed by atoms with Crippen LogP contribution in [0.25, 0.3) is 10.9 Å². The monoisotopic (exact) mass is 365 g/mol. The number of rotatable bonds is 5. The Bertz CT molecular complexity index is 951. The molecule has 3 aromatic rings. The second-order valence-electron chi connectivity index (χ2n) is 7.34. The molecular formula is C22H23NO4. The van der Waals surface area contributed by atoms with E-state index in [4.69, 9.17) is 9.47 Å². The molecule has 3 rings (SSSR count). The molecule has 1 heterocycles. The molecule has 140 valence electrons. The van der Waals surface area contributed by atoms with Gasteiger partial charge in [-0.15, -0.1) is 0 Å². The van der Waals surface area contributed by atoms with Gasteiger partial charge in [-0.25, -0.2) is 4.79 Å². The van der Waals surface area contributed by atoms with Crippen LogP contribution in [0, 0.1) is 0 Å². The number of hydrogen-bond acceptors (Lipinski definition) is 4. The maximum atomic E-state index is 12.5. The molecule has 0 N–H and O–H groups in total. The Balaban J connectivity index is 1.78. The number of benzene rings is 2. The molecule has 2 aromatic carbocycles. The first-order valence-corrected chi connectivity index (χ1v) is 8.84. The Morgan fingerprint density at radius 2 is 1.63 bits per heavy atom. The topological polar surface area (TPSA) is 57.5 Å². The van der Waals surface area contributed by atoms with Gasteiger partial charge in [-0.3, -0.25) is 4.79 Å². The quantitative estimate of drug-likeness (QED) is 0.631. The van der Waals surface area contributed by atoms with E-state index in [2.05, 4.69) is 0 Å². The van der Waals surface area contributed by atoms with Crippen LogP contribution in [0.4, 0.5) is 0 Å². The maximum Gasteiger partial charge on any atom is 0.340 e. The van der Waals surface area contributed by atoms with Crippen LogP contribution in [0.2, 0.25) is 0 Å². The summed E-state index contributed by atoms with van der Waals surface area (Å²) in [4.78, 5) is 24.8. The standard InChI is InChI=1S/C22H23NO4/c1-22(2,3)27-21(25)18-13-23(19-12-8-7-11-17(18)19)14-20(24)26-15-16-9-5-4-6-10-16/h4-13H,14-15H2,1-3H3. The van der Waals surface area contributed by atoms with Crippen molar-refractivity contribution in [3.63, 3.8) is 0 Å². The number of ether oxygens (including phenoxy) is 2. The maximum absolute atomic E-state index is 12.5. The third kappa shape index (κ3) is 4.76. The first kappa shape index (κ1) is 18.7. The van der Waals surface area contributed by atoms with E-state index in [1.54, 1.807) is 10.8 Å². The van der Waals surface area contributed by atoms with Crippen molar-refractivity contribution in [2.24, 2.45) is 0 Å². The van der Waals surface area contributed by atoms with Gasteiger partial charge in [-0.2, -0.15) is 0 Å². The lowest BCUT2D eigenvalue weighted by Gasteiger charge is -2.19. The van der Waals surface area contributed by atoms with Crippen LogP contribution < -0.4 is 0 Å². The molecule has 5 nitrogen and oxygen atoms in total. The van der Waals surface area contributed by atoms with Crippen LogP contribution in [0.3, 0.4) is 0 Å². The Labute approximate surface area is 158 Å².